The zero-order valence-electron chi connectivity index (χ0n) is 18.5. The van der Waals surface area contributed by atoms with Crippen LogP contribution in [0.1, 0.15) is 69.9 Å². The molecule has 1 aliphatic carbocycles. The minimum Gasteiger partial charge on any atom is -0.297 e. The van der Waals surface area contributed by atoms with Gasteiger partial charge in [-0.2, -0.15) is 5.26 Å². The summed E-state index contributed by atoms with van der Waals surface area (Å²) in [6, 6.07) is 20.5. The third-order valence-electron chi connectivity index (χ3n) is 7.07. The van der Waals surface area contributed by atoms with Gasteiger partial charge in [0, 0.05) is 18.2 Å². The Kier molecular flexibility index (Phi) is 8.05. The fraction of sp³-hybridized carbons (Fsp3) is 0.519. The van der Waals surface area contributed by atoms with Gasteiger partial charge < -0.3 is 0 Å². The van der Waals surface area contributed by atoms with Crippen LogP contribution in [0.5, 0.6) is 0 Å². The molecule has 3 rings (SSSR count). The van der Waals surface area contributed by atoms with Crippen LogP contribution in [0.25, 0.3) is 0 Å². The number of hydrogen-bond donors (Lipinski definition) is 0. The molecule has 2 nitrogen and oxygen atoms in total. The van der Waals surface area contributed by atoms with Gasteiger partial charge in [0.2, 0.25) is 0 Å². The molecule has 0 aromatic heterocycles. The van der Waals surface area contributed by atoms with Crippen molar-refractivity contribution >= 4 is 0 Å². The van der Waals surface area contributed by atoms with Crippen LogP contribution in [-0.2, 0) is 12.0 Å². The molecule has 1 saturated carbocycles. The number of halogens is 1. The third kappa shape index (κ3) is 5.10. The second-order valence-electron chi connectivity index (χ2n) is 8.83. The summed E-state index contributed by atoms with van der Waals surface area (Å²) >= 11 is 0. The molecule has 0 heterocycles. The summed E-state index contributed by atoms with van der Waals surface area (Å²) in [6.07, 6.45) is 7.17. The average Bonchev–Trinajstić information content (AvgIpc) is 2.80. The lowest BCUT2D eigenvalue weighted by molar-refractivity contribution is 0.170. The Morgan fingerprint density at radius 1 is 1.07 bits per heavy atom. The third-order valence-corrected chi connectivity index (χ3v) is 7.07. The van der Waals surface area contributed by atoms with E-state index in [1.54, 1.807) is 6.07 Å². The second-order valence-corrected chi connectivity index (χ2v) is 8.83. The quantitative estimate of drug-likeness (QED) is 0.455. The first kappa shape index (κ1) is 22.5. The van der Waals surface area contributed by atoms with Crippen LogP contribution in [0.2, 0.25) is 0 Å². The molecule has 1 aliphatic rings. The molecule has 2 aromatic carbocycles. The van der Waals surface area contributed by atoms with E-state index < -0.39 is 5.41 Å². The van der Waals surface area contributed by atoms with Gasteiger partial charge in [-0.15, -0.1) is 0 Å². The van der Waals surface area contributed by atoms with E-state index in [2.05, 4.69) is 49.1 Å². The van der Waals surface area contributed by atoms with Crippen molar-refractivity contribution in [2.45, 2.75) is 76.8 Å². The zero-order valence-corrected chi connectivity index (χ0v) is 18.5. The van der Waals surface area contributed by atoms with Gasteiger partial charge in [-0.05, 0) is 56.7 Å². The molecule has 3 heteroatoms. The molecule has 2 unspecified atom stereocenters. The fourth-order valence-corrected chi connectivity index (χ4v) is 5.20. The summed E-state index contributed by atoms with van der Waals surface area (Å²) < 4.78 is 14.9. The Labute approximate surface area is 181 Å². The highest BCUT2D eigenvalue weighted by Gasteiger charge is 2.43. The topological polar surface area (TPSA) is 27.0 Å². The van der Waals surface area contributed by atoms with Crippen LogP contribution in [-0.4, -0.2) is 17.5 Å². The monoisotopic (exact) mass is 406 g/mol. The maximum Gasteiger partial charge on any atom is 0.128 e. The standard InChI is InChI=1S/C27H35FN2/c1-3-30(20-23-12-6-4-7-13-23)22(2)18-19-27(21-29,24-14-8-5-9-15-24)25-16-10-11-17-26(25)28/h4,6-7,10-13,16-17,22,24H,3,5,8-9,14-15,18-20H2,1-2H3. The first-order valence-electron chi connectivity index (χ1n) is 11.5. The number of nitriles is 1. The summed E-state index contributed by atoms with van der Waals surface area (Å²) in [4.78, 5) is 2.46. The predicted molar refractivity (Wildman–Crippen MR) is 121 cm³/mol. The minimum atomic E-state index is -0.730. The van der Waals surface area contributed by atoms with Gasteiger partial charge in [-0.25, -0.2) is 4.39 Å². The van der Waals surface area contributed by atoms with E-state index in [-0.39, 0.29) is 11.7 Å². The van der Waals surface area contributed by atoms with Gasteiger partial charge >= 0.3 is 0 Å². The summed E-state index contributed by atoms with van der Waals surface area (Å²) in [5.41, 5.74) is 1.18. The van der Waals surface area contributed by atoms with Gasteiger partial charge in [0.15, 0.2) is 0 Å². The zero-order chi connectivity index (χ0) is 21.4. The Hall–Kier alpha value is -2.18. The minimum absolute atomic E-state index is 0.228. The van der Waals surface area contributed by atoms with Crippen LogP contribution >= 0.6 is 0 Å². The fourth-order valence-electron chi connectivity index (χ4n) is 5.20. The van der Waals surface area contributed by atoms with Gasteiger partial charge in [0.05, 0.1) is 11.5 Å². The highest BCUT2D eigenvalue weighted by Crippen LogP contribution is 2.45. The molecule has 0 bridgehead atoms. The van der Waals surface area contributed by atoms with Crippen LogP contribution < -0.4 is 0 Å². The molecule has 0 saturated heterocycles. The van der Waals surface area contributed by atoms with Crippen LogP contribution in [0, 0.1) is 23.1 Å². The Morgan fingerprint density at radius 3 is 2.37 bits per heavy atom. The molecule has 1 fully saturated rings. The van der Waals surface area contributed by atoms with Gasteiger partial charge in [0.25, 0.3) is 0 Å². The summed E-state index contributed by atoms with van der Waals surface area (Å²) in [6.45, 7) is 6.30. The lowest BCUT2D eigenvalue weighted by atomic mass is 9.63. The van der Waals surface area contributed by atoms with Crippen LogP contribution in [0.4, 0.5) is 4.39 Å². The largest absolute Gasteiger partial charge is 0.297 e. The molecule has 0 N–H and O–H groups in total. The average molecular weight is 407 g/mol. The van der Waals surface area contributed by atoms with Gasteiger partial charge in [-0.1, -0.05) is 74.7 Å². The molecule has 2 atom stereocenters. The van der Waals surface area contributed by atoms with E-state index in [9.17, 15) is 9.65 Å². The maximum absolute atomic E-state index is 14.9. The molecular formula is C27H35FN2. The Morgan fingerprint density at radius 2 is 1.73 bits per heavy atom. The number of nitrogens with zero attached hydrogens (tertiary/aromatic N) is 2. The first-order chi connectivity index (χ1) is 14.6. The van der Waals surface area contributed by atoms with Gasteiger partial charge in [-0.3, -0.25) is 4.90 Å². The summed E-state index contributed by atoms with van der Waals surface area (Å²) in [7, 11) is 0. The number of rotatable bonds is 9. The molecule has 0 amide bonds. The van der Waals surface area contributed by atoms with Crippen LogP contribution in [0.3, 0.4) is 0 Å². The Balaban J connectivity index is 1.80. The maximum atomic E-state index is 14.9. The lowest BCUT2D eigenvalue weighted by Crippen LogP contribution is -2.39. The van der Waals surface area contributed by atoms with E-state index in [4.69, 9.17) is 0 Å². The summed E-state index contributed by atoms with van der Waals surface area (Å²) in [5.74, 6) is 0.0125. The Bertz CT molecular complexity index is 822. The molecular weight excluding hydrogens is 371 g/mol. The first-order valence-corrected chi connectivity index (χ1v) is 11.5. The van der Waals surface area contributed by atoms with Crippen molar-refractivity contribution in [3.63, 3.8) is 0 Å². The molecule has 160 valence electrons. The molecule has 0 aliphatic heterocycles. The second kappa shape index (κ2) is 10.7. The smallest absolute Gasteiger partial charge is 0.128 e. The molecule has 2 aromatic rings. The van der Waals surface area contributed by atoms with Crippen molar-refractivity contribution in [1.29, 1.82) is 5.26 Å². The van der Waals surface area contributed by atoms with Crippen molar-refractivity contribution in [1.82, 2.24) is 4.90 Å². The van der Waals surface area contributed by atoms with E-state index in [1.165, 1.54) is 18.1 Å². The SMILES string of the molecule is CCN(Cc1ccccc1)C(C)CCC(C#N)(c1ccccc1F)C1CCCCC1. The molecule has 30 heavy (non-hydrogen) atoms. The number of benzene rings is 2. The van der Waals surface area contributed by atoms with Crippen molar-refractivity contribution < 1.29 is 4.39 Å². The van der Waals surface area contributed by atoms with E-state index in [0.717, 1.165) is 45.2 Å². The predicted octanol–water partition coefficient (Wildman–Crippen LogP) is 6.86. The van der Waals surface area contributed by atoms with Crippen molar-refractivity contribution in [2.75, 3.05) is 6.54 Å². The molecule has 0 spiro atoms. The van der Waals surface area contributed by atoms with E-state index >= 15 is 0 Å². The van der Waals surface area contributed by atoms with E-state index in [1.807, 2.05) is 18.2 Å². The van der Waals surface area contributed by atoms with Crippen molar-refractivity contribution in [3.05, 3.63) is 71.5 Å². The highest BCUT2D eigenvalue weighted by molar-refractivity contribution is 5.35. The normalized spacial score (nSPS) is 18.0. The highest BCUT2D eigenvalue weighted by atomic mass is 19.1. The van der Waals surface area contributed by atoms with Crippen molar-refractivity contribution in [3.8, 4) is 6.07 Å². The number of hydrogen-bond acceptors (Lipinski definition) is 2. The van der Waals surface area contributed by atoms with Crippen LogP contribution in [0.15, 0.2) is 54.6 Å². The van der Waals surface area contributed by atoms with Gasteiger partial charge in [0.1, 0.15) is 5.82 Å². The lowest BCUT2D eigenvalue weighted by Gasteiger charge is -2.39. The molecule has 0 radical (unpaired) electrons. The summed E-state index contributed by atoms with van der Waals surface area (Å²) in [5, 5.41) is 10.4. The van der Waals surface area contributed by atoms with E-state index in [0.29, 0.717) is 18.0 Å². The van der Waals surface area contributed by atoms with Crippen molar-refractivity contribution in [2.24, 2.45) is 5.92 Å².